The lowest BCUT2D eigenvalue weighted by molar-refractivity contribution is 0.102. The zero-order valence-corrected chi connectivity index (χ0v) is 13.9. The van der Waals surface area contributed by atoms with Gasteiger partial charge in [0.15, 0.2) is 5.82 Å². The van der Waals surface area contributed by atoms with Crippen LogP contribution < -0.4 is 16.6 Å². The minimum absolute atomic E-state index is 0.270. The number of amides is 1. The van der Waals surface area contributed by atoms with Crippen LogP contribution in [0.5, 0.6) is 0 Å². The third kappa shape index (κ3) is 3.29. The maximum Gasteiger partial charge on any atom is 0.257 e. The van der Waals surface area contributed by atoms with Crippen molar-refractivity contribution in [1.82, 2.24) is 4.98 Å². The van der Waals surface area contributed by atoms with E-state index in [1.54, 1.807) is 0 Å². The fourth-order valence-electron chi connectivity index (χ4n) is 1.47. The van der Waals surface area contributed by atoms with Gasteiger partial charge in [0.25, 0.3) is 5.91 Å². The zero-order valence-electron chi connectivity index (χ0n) is 9.95. The van der Waals surface area contributed by atoms with Crippen molar-refractivity contribution in [2.45, 2.75) is 0 Å². The van der Waals surface area contributed by atoms with Crippen molar-refractivity contribution in [2.75, 3.05) is 10.7 Å². The van der Waals surface area contributed by atoms with Gasteiger partial charge in [0.1, 0.15) is 0 Å². The van der Waals surface area contributed by atoms with Crippen LogP contribution in [-0.4, -0.2) is 10.9 Å². The Bertz CT molecular complexity index is 646. The standard InChI is InChI=1S/C12H9Br2ClN4O/c13-7-2-1-3-8(14)10(7)18-12(20)6-4-9(15)11(19-16)17-5-6/h1-5H,16H2,(H,17,19)(H,18,20). The van der Waals surface area contributed by atoms with Gasteiger partial charge < -0.3 is 10.7 Å². The Hall–Kier alpha value is -1.15. The van der Waals surface area contributed by atoms with E-state index in [0.29, 0.717) is 17.1 Å². The Morgan fingerprint density at radius 1 is 1.30 bits per heavy atom. The lowest BCUT2D eigenvalue weighted by atomic mass is 10.2. The number of hydrazine groups is 1. The monoisotopic (exact) mass is 418 g/mol. The Labute approximate surface area is 137 Å². The SMILES string of the molecule is NNc1ncc(C(=O)Nc2c(Br)cccc2Br)cc1Cl. The molecule has 0 unspecified atom stereocenters. The number of nitrogen functional groups attached to an aromatic ring is 1. The smallest absolute Gasteiger partial charge is 0.257 e. The van der Waals surface area contributed by atoms with Crippen molar-refractivity contribution in [3.8, 4) is 0 Å². The summed E-state index contributed by atoms with van der Waals surface area (Å²) in [6, 6.07) is 6.99. The van der Waals surface area contributed by atoms with E-state index in [1.807, 2.05) is 18.2 Å². The summed E-state index contributed by atoms with van der Waals surface area (Å²) in [6.45, 7) is 0. The molecule has 20 heavy (non-hydrogen) atoms. The number of benzene rings is 1. The highest BCUT2D eigenvalue weighted by molar-refractivity contribution is 9.11. The number of hydrogen-bond donors (Lipinski definition) is 3. The largest absolute Gasteiger partial charge is 0.320 e. The van der Waals surface area contributed by atoms with E-state index in [2.05, 4.69) is 47.6 Å². The average Bonchev–Trinajstić information content (AvgIpc) is 2.42. The molecule has 0 aliphatic heterocycles. The van der Waals surface area contributed by atoms with Crippen molar-refractivity contribution in [3.05, 3.63) is 50.0 Å². The molecule has 2 aromatic rings. The molecule has 0 fully saturated rings. The molecule has 0 spiro atoms. The minimum atomic E-state index is -0.324. The Balaban J connectivity index is 2.26. The van der Waals surface area contributed by atoms with E-state index >= 15 is 0 Å². The number of halogens is 3. The van der Waals surface area contributed by atoms with Gasteiger partial charge in [-0.15, -0.1) is 0 Å². The van der Waals surface area contributed by atoms with Crippen LogP contribution in [0, 0.1) is 0 Å². The molecule has 2 rings (SSSR count). The minimum Gasteiger partial charge on any atom is -0.320 e. The summed E-state index contributed by atoms with van der Waals surface area (Å²) in [7, 11) is 0. The number of nitrogens with zero attached hydrogens (tertiary/aromatic N) is 1. The first kappa shape index (κ1) is 15.2. The van der Waals surface area contributed by atoms with Crippen LogP contribution in [0.4, 0.5) is 11.5 Å². The van der Waals surface area contributed by atoms with E-state index in [9.17, 15) is 4.79 Å². The molecule has 0 bridgehead atoms. The van der Waals surface area contributed by atoms with Gasteiger partial charge >= 0.3 is 0 Å². The molecule has 0 saturated heterocycles. The van der Waals surface area contributed by atoms with Crippen molar-refractivity contribution in [3.63, 3.8) is 0 Å². The van der Waals surface area contributed by atoms with Gasteiger partial charge in [-0.1, -0.05) is 17.7 Å². The summed E-state index contributed by atoms with van der Waals surface area (Å²) in [4.78, 5) is 16.1. The van der Waals surface area contributed by atoms with E-state index in [1.165, 1.54) is 12.3 Å². The molecule has 1 amide bonds. The lowest BCUT2D eigenvalue weighted by Crippen LogP contribution is -2.14. The van der Waals surface area contributed by atoms with Crippen LogP contribution in [0.3, 0.4) is 0 Å². The highest BCUT2D eigenvalue weighted by Crippen LogP contribution is 2.31. The number of nitrogens with one attached hydrogen (secondary N) is 2. The Morgan fingerprint density at radius 3 is 2.50 bits per heavy atom. The van der Waals surface area contributed by atoms with Crippen molar-refractivity contribution in [2.24, 2.45) is 5.84 Å². The molecule has 0 atom stereocenters. The van der Waals surface area contributed by atoms with Gasteiger partial charge in [0, 0.05) is 15.1 Å². The van der Waals surface area contributed by atoms with Crippen LogP contribution in [0.25, 0.3) is 0 Å². The summed E-state index contributed by atoms with van der Waals surface area (Å²) in [5, 5.41) is 3.05. The molecule has 104 valence electrons. The van der Waals surface area contributed by atoms with Gasteiger partial charge in [-0.2, -0.15) is 0 Å². The van der Waals surface area contributed by atoms with Gasteiger partial charge in [-0.3, -0.25) is 4.79 Å². The second kappa shape index (κ2) is 6.53. The number of rotatable bonds is 3. The van der Waals surface area contributed by atoms with Crippen LogP contribution in [0.2, 0.25) is 5.02 Å². The van der Waals surface area contributed by atoms with E-state index in [-0.39, 0.29) is 10.9 Å². The molecule has 4 N–H and O–H groups in total. The molecule has 1 aromatic heterocycles. The highest BCUT2D eigenvalue weighted by atomic mass is 79.9. The van der Waals surface area contributed by atoms with Gasteiger partial charge in [0.2, 0.25) is 0 Å². The molecule has 0 aliphatic carbocycles. The number of hydrogen-bond acceptors (Lipinski definition) is 4. The number of carbonyl (C=O) groups excluding carboxylic acids is 1. The van der Waals surface area contributed by atoms with Gasteiger partial charge in [0.05, 0.1) is 16.3 Å². The third-order valence-electron chi connectivity index (χ3n) is 2.44. The summed E-state index contributed by atoms with van der Waals surface area (Å²) < 4.78 is 1.53. The van der Waals surface area contributed by atoms with Crippen LogP contribution in [-0.2, 0) is 0 Å². The Kier molecular flexibility index (Phi) is 4.98. The summed E-state index contributed by atoms with van der Waals surface area (Å²) >= 11 is 12.7. The van der Waals surface area contributed by atoms with Gasteiger partial charge in [-0.25, -0.2) is 10.8 Å². The third-order valence-corrected chi connectivity index (χ3v) is 4.05. The van der Waals surface area contributed by atoms with Crippen LogP contribution in [0.1, 0.15) is 10.4 Å². The normalized spacial score (nSPS) is 10.2. The second-order valence-electron chi connectivity index (χ2n) is 3.75. The second-order valence-corrected chi connectivity index (χ2v) is 5.87. The van der Waals surface area contributed by atoms with Crippen molar-refractivity contribution < 1.29 is 4.79 Å². The fraction of sp³-hybridized carbons (Fsp3) is 0. The lowest BCUT2D eigenvalue weighted by Gasteiger charge is -2.10. The van der Waals surface area contributed by atoms with E-state index < -0.39 is 0 Å². The molecule has 0 radical (unpaired) electrons. The summed E-state index contributed by atoms with van der Waals surface area (Å²) in [6.07, 6.45) is 1.39. The molecule has 0 aliphatic rings. The number of pyridine rings is 1. The predicted molar refractivity (Wildman–Crippen MR) is 86.9 cm³/mol. The average molecular weight is 420 g/mol. The quantitative estimate of drug-likeness (QED) is 0.521. The molecule has 5 nitrogen and oxygen atoms in total. The predicted octanol–water partition coefficient (Wildman–Crippen LogP) is 3.80. The zero-order chi connectivity index (χ0) is 14.7. The molecule has 8 heteroatoms. The first-order valence-corrected chi connectivity index (χ1v) is 7.37. The van der Waals surface area contributed by atoms with Crippen LogP contribution >= 0.6 is 43.5 Å². The van der Waals surface area contributed by atoms with E-state index in [0.717, 1.165) is 8.95 Å². The molecule has 0 saturated carbocycles. The number of aromatic nitrogens is 1. The number of anilines is 2. The maximum atomic E-state index is 12.2. The number of carbonyl (C=O) groups is 1. The summed E-state index contributed by atoms with van der Waals surface area (Å²) in [5.74, 6) is 5.22. The van der Waals surface area contributed by atoms with Gasteiger partial charge in [-0.05, 0) is 50.1 Å². The van der Waals surface area contributed by atoms with Crippen LogP contribution in [0.15, 0.2) is 39.4 Å². The molecule has 1 heterocycles. The summed E-state index contributed by atoms with van der Waals surface area (Å²) in [5.41, 5.74) is 3.30. The van der Waals surface area contributed by atoms with Crippen molar-refractivity contribution >= 4 is 60.9 Å². The topological polar surface area (TPSA) is 80.0 Å². The first-order valence-electron chi connectivity index (χ1n) is 5.40. The molecular weight excluding hydrogens is 411 g/mol. The maximum absolute atomic E-state index is 12.2. The number of nitrogens with two attached hydrogens (primary N) is 1. The fourth-order valence-corrected chi connectivity index (χ4v) is 2.89. The molecule has 1 aromatic carbocycles. The molecular formula is C12H9Br2ClN4O. The Morgan fingerprint density at radius 2 is 1.95 bits per heavy atom. The van der Waals surface area contributed by atoms with E-state index in [4.69, 9.17) is 17.4 Å². The first-order chi connectivity index (χ1) is 9.52. The van der Waals surface area contributed by atoms with Crippen molar-refractivity contribution in [1.29, 1.82) is 0 Å². The highest BCUT2D eigenvalue weighted by Gasteiger charge is 2.13. The number of para-hydroxylation sites is 1.